The van der Waals surface area contributed by atoms with E-state index in [4.69, 9.17) is 10.5 Å². The van der Waals surface area contributed by atoms with Crippen molar-refractivity contribution in [3.05, 3.63) is 29.5 Å². The molecule has 1 atom stereocenters. The molecule has 20 heavy (non-hydrogen) atoms. The summed E-state index contributed by atoms with van der Waals surface area (Å²) in [7, 11) is 0. The Hall–Kier alpha value is -1.19. The van der Waals surface area contributed by atoms with Gasteiger partial charge in [-0.1, -0.05) is 0 Å². The van der Waals surface area contributed by atoms with Crippen molar-refractivity contribution in [2.45, 2.75) is 45.7 Å². The molecule has 1 aromatic heterocycles. The van der Waals surface area contributed by atoms with E-state index in [1.54, 1.807) is 0 Å². The van der Waals surface area contributed by atoms with E-state index < -0.39 is 0 Å². The summed E-state index contributed by atoms with van der Waals surface area (Å²) in [5, 5.41) is 1.33. The average Bonchev–Trinajstić information content (AvgIpc) is 2.93. The van der Waals surface area contributed by atoms with Crippen LogP contribution in [0.3, 0.4) is 0 Å². The Morgan fingerprint density at radius 2 is 2.20 bits per heavy atom. The predicted octanol–water partition coefficient (Wildman–Crippen LogP) is 3.30. The fraction of sp³-hybridized carbons (Fsp3) is 0.500. The molecule has 0 unspecified atom stereocenters. The number of aromatic nitrogens is 1. The number of hydrogen-bond donors (Lipinski definition) is 1. The second-order valence-electron chi connectivity index (χ2n) is 5.47. The molecule has 0 spiro atoms. The Balaban J connectivity index is 0.00000147. The molecule has 2 heterocycles. The summed E-state index contributed by atoms with van der Waals surface area (Å²) < 4.78 is 8.10. The molecule has 3 nitrogen and oxygen atoms in total. The lowest BCUT2D eigenvalue weighted by Crippen LogP contribution is -2.18. The lowest BCUT2D eigenvalue weighted by molar-refractivity contribution is 0.340. The molecule has 0 saturated carbocycles. The highest BCUT2D eigenvalue weighted by molar-refractivity contribution is 5.87. The van der Waals surface area contributed by atoms with Crippen LogP contribution in [0.25, 0.3) is 10.9 Å². The molecule has 2 aromatic rings. The quantitative estimate of drug-likeness (QED) is 0.940. The molecule has 0 aliphatic carbocycles. The Morgan fingerprint density at radius 3 is 2.90 bits per heavy atom. The maximum atomic E-state index is 6.02. The van der Waals surface area contributed by atoms with E-state index in [-0.39, 0.29) is 18.4 Å². The van der Waals surface area contributed by atoms with Gasteiger partial charge in [-0.3, -0.25) is 0 Å². The highest BCUT2D eigenvalue weighted by atomic mass is 35.5. The minimum atomic E-state index is 0. The van der Waals surface area contributed by atoms with Gasteiger partial charge in [-0.05, 0) is 56.9 Å². The molecule has 0 bridgehead atoms. The SMILES string of the molecule is CCOc1ccc2c(c1)c(C[C@H](C)N)c1n2CCC1.Cl. The third-order valence-corrected chi connectivity index (χ3v) is 3.89. The fourth-order valence-corrected chi connectivity index (χ4v) is 3.21. The van der Waals surface area contributed by atoms with Crippen LogP contribution >= 0.6 is 12.4 Å². The Morgan fingerprint density at radius 1 is 1.40 bits per heavy atom. The van der Waals surface area contributed by atoms with Gasteiger partial charge in [0, 0.05) is 29.2 Å². The predicted molar refractivity (Wildman–Crippen MR) is 86.0 cm³/mol. The zero-order valence-electron chi connectivity index (χ0n) is 12.2. The molecule has 110 valence electrons. The molecule has 0 amide bonds. The molecule has 3 rings (SSSR count). The molecular weight excluding hydrogens is 272 g/mol. The minimum Gasteiger partial charge on any atom is -0.494 e. The van der Waals surface area contributed by atoms with Crippen LogP contribution in [0, 0.1) is 0 Å². The number of nitrogens with two attached hydrogens (primary N) is 1. The fourth-order valence-electron chi connectivity index (χ4n) is 3.21. The lowest BCUT2D eigenvalue weighted by Gasteiger charge is -2.07. The van der Waals surface area contributed by atoms with Crippen LogP contribution in [0.15, 0.2) is 18.2 Å². The molecule has 0 radical (unpaired) electrons. The van der Waals surface area contributed by atoms with E-state index >= 15 is 0 Å². The van der Waals surface area contributed by atoms with Crippen LogP contribution in [0.4, 0.5) is 0 Å². The zero-order chi connectivity index (χ0) is 13.4. The van der Waals surface area contributed by atoms with Crippen LogP contribution in [-0.2, 0) is 19.4 Å². The van der Waals surface area contributed by atoms with Gasteiger partial charge in [-0.2, -0.15) is 0 Å². The summed E-state index contributed by atoms with van der Waals surface area (Å²) in [6.07, 6.45) is 3.39. The van der Waals surface area contributed by atoms with Crippen molar-refractivity contribution in [3.63, 3.8) is 0 Å². The number of halogens is 1. The number of ether oxygens (including phenoxy) is 1. The average molecular weight is 295 g/mol. The van der Waals surface area contributed by atoms with E-state index in [0.717, 1.165) is 18.7 Å². The topological polar surface area (TPSA) is 40.2 Å². The molecule has 1 aliphatic heterocycles. The number of nitrogens with zero attached hydrogens (tertiary/aromatic N) is 1. The maximum Gasteiger partial charge on any atom is 0.120 e. The van der Waals surface area contributed by atoms with Crippen molar-refractivity contribution < 1.29 is 4.74 Å². The summed E-state index contributed by atoms with van der Waals surface area (Å²) in [6.45, 7) is 5.95. The standard InChI is InChI=1S/C16H22N2O.ClH/c1-3-19-12-6-7-16-14(10-12)13(9-11(2)17)15-5-4-8-18(15)16;/h6-7,10-11H,3-5,8-9,17H2,1-2H3;1H/t11-;/m0./s1. The molecular formula is C16H23ClN2O. The first-order chi connectivity index (χ1) is 9.20. The largest absolute Gasteiger partial charge is 0.494 e. The molecule has 0 saturated heterocycles. The van der Waals surface area contributed by atoms with Crippen molar-refractivity contribution in [1.29, 1.82) is 0 Å². The second-order valence-corrected chi connectivity index (χ2v) is 5.47. The van der Waals surface area contributed by atoms with Crippen LogP contribution in [0.2, 0.25) is 0 Å². The molecule has 2 N–H and O–H groups in total. The second kappa shape index (κ2) is 6.06. The van der Waals surface area contributed by atoms with Gasteiger partial charge >= 0.3 is 0 Å². The highest BCUT2D eigenvalue weighted by Gasteiger charge is 2.21. The van der Waals surface area contributed by atoms with E-state index in [1.807, 2.05) is 6.92 Å². The van der Waals surface area contributed by atoms with Crippen LogP contribution in [0.1, 0.15) is 31.5 Å². The van der Waals surface area contributed by atoms with Gasteiger partial charge in [0.15, 0.2) is 0 Å². The lowest BCUT2D eigenvalue weighted by atomic mass is 10.0. The van der Waals surface area contributed by atoms with Crippen LogP contribution in [0.5, 0.6) is 5.75 Å². The summed E-state index contributed by atoms with van der Waals surface area (Å²) in [4.78, 5) is 0. The van der Waals surface area contributed by atoms with Gasteiger partial charge in [0.2, 0.25) is 0 Å². The van der Waals surface area contributed by atoms with E-state index in [1.165, 1.54) is 35.0 Å². The van der Waals surface area contributed by atoms with Gasteiger partial charge in [0.1, 0.15) is 5.75 Å². The summed E-state index contributed by atoms with van der Waals surface area (Å²) >= 11 is 0. The number of benzene rings is 1. The Labute approximate surface area is 126 Å². The minimum absolute atomic E-state index is 0. The summed E-state index contributed by atoms with van der Waals surface area (Å²) in [6, 6.07) is 6.65. The van der Waals surface area contributed by atoms with E-state index in [9.17, 15) is 0 Å². The van der Waals surface area contributed by atoms with Crippen LogP contribution < -0.4 is 10.5 Å². The number of hydrogen-bond acceptors (Lipinski definition) is 2. The Bertz CT molecular complexity index is 604. The maximum absolute atomic E-state index is 6.02. The Kier molecular flexibility index (Phi) is 4.61. The molecule has 1 aliphatic rings. The van der Waals surface area contributed by atoms with Gasteiger partial charge in [0.05, 0.1) is 6.61 Å². The smallest absolute Gasteiger partial charge is 0.120 e. The summed E-state index contributed by atoms with van der Waals surface area (Å²) in [5.74, 6) is 0.963. The van der Waals surface area contributed by atoms with Crippen molar-refractivity contribution >= 4 is 23.3 Å². The first-order valence-electron chi connectivity index (χ1n) is 7.23. The number of aryl methyl sites for hydroxylation is 1. The monoisotopic (exact) mass is 294 g/mol. The van der Waals surface area contributed by atoms with Gasteiger partial charge in [-0.15, -0.1) is 12.4 Å². The van der Waals surface area contributed by atoms with Crippen LogP contribution in [-0.4, -0.2) is 17.2 Å². The van der Waals surface area contributed by atoms with Gasteiger partial charge < -0.3 is 15.0 Å². The first-order valence-corrected chi connectivity index (χ1v) is 7.23. The third kappa shape index (κ3) is 2.52. The first kappa shape index (κ1) is 15.2. The van der Waals surface area contributed by atoms with E-state index in [2.05, 4.69) is 29.7 Å². The van der Waals surface area contributed by atoms with Crippen molar-refractivity contribution in [1.82, 2.24) is 4.57 Å². The molecule has 1 aromatic carbocycles. The van der Waals surface area contributed by atoms with Gasteiger partial charge in [-0.25, -0.2) is 0 Å². The normalized spacial score (nSPS) is 14.9. The summed E-state index contributed by atoms with van der Waals surface area (Å²) in [5.41, 5.74) is 10.3. The molecule has 4 heteroatoms. The van der Waals surface area contributed by atoms with Gasteiger partial charge in [0.25, 0.3) is 0 Å². The number of fused-ring (bicyclic) bond motifs is 3. The third-order valence-electron chi connectivity index (χ3n) is 3.89. The highest BCUT2D eigenvalue weighted by Crippen LogP contribution is 2.34. The van der Waals surface area contributed by atoms with E-state index in [0.29, 0.717) is 6.61 Å². The zero-order valence-corrected chi connectivity index (χ0v) is 13.0. The van der Waals surface area contributed by atoms with Crippen molar-refractivity contribution in [3.8, 4) is 5.75 Å². The molecule has 0 fully saturated rings. The number of rotatable bonds is 4. The van der Waals surface area contributed by atoms with Crippen molar-refractivity contribution in [2.75, 3.05) is 6.61 Å². The van der Waals surface area contributed by atoms with Crippen molar-refractivity contribution in [2.24, 2.45) is 5.73 Å².